The lowest BCUT2D eigenvalue weighted by molar-refractivity contribution is -0.150. The molecule has 0 bridgehead atoms. The number of rotatable bonds is 1. The summed E-state index contributed by atoms with van der Waals surface area (Å²) in [6.45, 7) is 8.51. The second-order valence-corrected chi connectivity index (χ2v) is 7.25. The number of carbonyl (C=O) groups is 2. The van der Waals surface area contributed by atoms with Crippen LogP contribution in [0.4, 0.5) is 0 Å². The van der Waals surface area contributed by atoms with E-state index >= 15 is 0 Å². The van der Waals surface area contributed by atoms with E-state index < -0.39 is 0 Å². The molecular formula is C15H26N2O2. The van der Waals surface area contributed by atoms with E-state index in [-0.39, 0.29) is 35.9 Å². The second-order valence-electron chi connectivity index (χ2n) is 7.25. The highest BCUT2D eigenvalue weighted by Crippen LogP contribution is 2.30. The zero-order chi connectivity index (χ0) is 14.2. The molecule has 2 rings (SSSR count). The Morgan fingerprint density at radius 1 is 1.11 bits per heavy atom. The van der Waals surface area contributed by atoms with Gasteiger partial charge in [0.2, 0.25) is 11.8 Å². The molecule has 108 valence electrons. The van der Waals surface area contributed by atoms with Crippen molar-refractivity contribution >= 4 is 11.8 Å². The number of carbonyl (C=O) groups excluding carboxylic acids is 2. The number of hydrogen-bond donors (Lipinski definition) is 1. The summed E-state index contributed by atoms with van der Waals surface area (Å²) in [5.74, 6) is 0.841. The van der Waals surface area contributed by atoms with Crippen molar-refractivity contribution in [2.45, 2.75) is 65.5 Å². The molecule has 4 nitrogen and oxygen atoms in total. The topological polar surface area (TPSA) is 49.4 Å². The number of piperazine rings is 1. The summed E-state index contributed by atoms with van der Waals surface area (Å²) in [6, 6.07) is -0.118. The monoisotopic (exact) mass is 266 g/mol. The molecule has 1 heterocycles. The van der Waals surface area contributed by atoms with Gasteiger partial charge in [0, 0.05) is 6.04 Å². The summed E-state index contributed by atoms with van der Waals surface area (Å²) >= 11 is 0. The molecule has 0 aromatic rings. The van der Waals surface area contributed by atoms with E-state index in [1.54, 1.807) is 0 Å². The first-order valence-electron chi connectivity index (χ1n) is 7.39. The molecule has 2 amide bonds. The average Bonchev–Trinajstić information content (AvgIpc) is 2.31. The third-order valence-corrected chi connectivity index (χ3v) is 4.44. The zero-order valence-corrected chi connectivity index (χ0v) is 12.5. The Morgan fingerprint density at radius 2 is 1.68 bits per heavy atom. The Morgan fingerprint density at radius 3 is 2.21 bits per heavy atom. The molecule has 1 saturated carbocycles. The van der Waals surface area contributed by atoms with Crippen molar-refractivity contribution in [3.05, 3.63) is 0 Å². The molecule has 0 radical (unpaired) electrons. The quantitative estimate of drug-likeness (QED) is 0.788. The second kappa shape index (κ2) is 5.14. The third kappa shape index (κ3) is 3.10. The lowest BCUT2D eigenvalue weighted by Crippen LogP contribution is -2.64. The van der Waals surface area contributed by atoms with Crippen LogP contribution in [0.25, 0.3) is 0 Å². The highest BCUT2D eigenvalue weighted by atomic mass is 16.2. The maximum atomic E-state index is 12.6. The van der Waals surface area contributed by atoms with E-state index in [1.165, 1.54) is 0 Å². The minimum atomic E-state index is -0.381. The Balaban J connectivity index is 2.11. The van der Waals surface area contributed by atoms with Crippen molar-refractivity contribution in [1.29, 1.82) is 0 Å². The molecule has 4 heteroatoms. The van der Waals surface area contributed by atoms with Gasteiger partial charge in [-0.3, -0.25) is 9.59 Å². The van der Waals surface area contributed by atoms with E-state index in [4.69, 9.17) is 0 Å². The van der Waals surface area contributed by atoms with E-state index in [1.807, 2.05) is 25.7 Å². The average molecular weight is 266 g/mol. The first-order chi connectivity index (χ1) is 8.79. The number of nitrogens with zero attached hydrogens (tertiary/aromatic N) is 1. The summed E-state index contributed by atoms with van der Waals surface area (Å²) in [5, 5.41) is 2.85. The van der Waals surface area contributed by atoms with Crippen LogP contribution in [0.15, 0.2) is 0 Å². The van der Waals surface area contributed by atoms with Crippen LogP contribution in [0.2, 0.25) is 0 Å². The summed E-state index contributed by atoms with van der Waals surface area (Å²) in [6.07, 6.45) is 4.40. The molecule has 19 heavy (non-hydrogen) atoms. The molecular weight excluding hydrogens is 240 g/mol. The van der Waals surface area contributed by atoms with Gasteiger partial charge in [-0.2, -0.15) is 0 Å². The minimum Gasteiger partial charge on any atom is -0.342 e. The predicted octanol–water partition coefficient (Wildman–Crippen LogP) is 1.94. The van der Waals surface area contributed by atoms with Gasteiger partial charge in [-0.15, -0.1) is 0 Å². The van der Waals surface area contributed by atoms with Crippen molar-refractivity contribution in [1.82, 2.24) is 10.2 Å². The van der Waals surface area contributed by atoms with Gasteiger partial charge in [-0.1, -0.05) is 27.7 Å². The smallest absolute Gasteiger partial charge is 0.246 e. The fourth-order valence-corrected chi connectivity index (χ4v) is 3.12. The summed E-state index contributed by atoms with van der Waals surface area (Å²) < 4.78 is 0. The van der Waals surface area contributed by atoms with Crippen LogP contribution in [0.3, 0.4) is 0 Å². The van der Waals surface area contributed by atoms with Crippen molar-refractivity contribution in [3.8, 4) is 0 Å². The molecule has 1 aliphatic heterocycles. The van der Waals surface area contributed by atoms with Gasteiger partial charge in [0.05, 0.1) is 6.54 Å². The molecule has 1 saturated heterocycles. The molecule has 1 atom stereocenters. The van der Waals surface area contributed by atoms with E-state index in [2.05, 4.69) is 12.2 Å². The van der Waals surface area contributed by atoms with Crippen molar-refractivity contribution in [3.63, 3.8) is 0 Å². The molecule has 0 aromatic heterocycles. The Kier molecular flexibility index (Phi) is 3.88. The van der Waals surface area contributed by atoms with E-state index in [9.17, 15) is 9.59 Å². The molecule has 2 aliphatic rings. The van der Waals surface area contributed by atoms with Gasteiger partial charge >= 0.3 is 0 Å². The fraction of sp³-hybridized carbons (Fsp3) is 0.867. The first kappa shape index (κ1) is 14.4. The van der Waals surface area contributed by atoms with Gasteiger partial charge in [-0.05, 0) is 37.0 Å². The van der Waals surface area contributed by atoms with Gasteiger partial charge in [0.15, 0.2) is 0 Å². The lowest BCUT2D eigenvalue weighted by Gasteiger charge is -2.43. The predicted molar refractivity (Wildman–Crippen MR) is 74.5 cm³/mol. The van der Waals surface area contributed by atoms with Crippen molar-refractivity contribution in [2.75, 3.05) is 6.54 Å². The normalized spacial score (nSPS) is 33.3. The van der Waals surface area contributed by atoms with E-state index in [0.29, 0.717) is 0 Å². The van der Waals surface area contributed by atoms with Crippen molar-refractivity contribution < 1.29 is 9.59 Å². The van der Waals surface area contributed by atoms with E-state index in [0.717, 1.165) is 31.6 Å². The number of nitrogens with one attached hydrogen (secondary N) is 1. The van der Waals surface area contributed by atoms with Crippen LogP contribution < -0.4 is 5.32 Å². The maximum absolute atomic E-state index is 12.6. The van der Waals surface area contributed by atoms with Gasteiger partial charge in [-0.25, -0.2) is 0 Å². The van der Waals surface area contributed by atoms with Gasteiger partial charge < -0.3 is 10.2 Å². The Hall–Kier alpha value is -1.06. The molecule has 1 unspecified atom stereocenters. The highest BCUT2D eigenvalue weighted by molar-refractivity contribution is 5.95. The third-order valence-electron chi connectivity index (χ3n) is 4.44. The van der Waals surface area contributed by atoms with Crippen LogP contribution in [0.5, 0.6) is 0 Å². The molecule has 0 aromatic carbocycles. The highest BCUT2D eigenvalue weighted by Gasteiger charge is 2.42. The minimum absolute atomic E-state index is 0.0156. The van der Waals surface area contributed by atoms with Crippen LogP contribution in [0.1, 0.15) is 53.4 Å². The van der Waals surface area contributed by atoms with Crippen LogP contribution in [0, 0.1) is 11.3 Å². The maximum Gasteiger partial charge on any atom is 0.246 e. The van der Waals surface area contributed by atoms with Gasteiger partial charge in [0.25, 0.3) is 0 Å². The zero-order valence-electron chi connectivity index (χ0n) is 12.5. The molecule has 0 spiro atoms. The van der Waals surface area contributed by atoms with Crippen LogP contribution in [-0.2, 0) is 9.59 Å². The summed E-state index contributed by atoms with van der Waals surface area (Å²) in [7, 11) is 0. The number of hydrogen-bond acceptors (Lipinski definition) is 2. The largest absolute Gasteiger partial charge is 0.342 e. The standard InChI is InChI=1S/C15H26N2O2/c1-10-5-7-11(8-6-10)17-9-12(18)16-13(14(17)19)15(2,3)4/h10-11,13H,5-9H2,1-4H3,(H,16,18). The SMILES string of the molecule is CC1CCC(N2CC(=O)NC(C(C)(C)C)C2=O)CC1. The van der Waals surface area contributed by atoms with Crippen LogP contribution in [-0.4, -0.2) is 35.3 Å². The van der Waals surface area contributed by atoms with Crippen molar-refractivity contribution in [2.24, 2.45) is 11.3 Å². The molecule has 2 fully saturated rings. The molecule has 1 aliphatic carbocycles. The number of amides is 2. The lowest BCUT2D eigenvalue weighted by atomic mass is 9.82. The summed E-state index contributed by atoms with van der Waals surface area (Å²) in [5.41, 5.74) is -0.229. The Labute approximate surface area is 115 Å². The molecule has 1 N–H and O–H groups in total. The summed E-state index contributed by atoms with van der Waals surface area (Å²) in [4.78, 5) is 26.3. The van der Waals surface area contributed by atoms with Gasteiger partial charge in [0.1, 0.15) is 6.04 Å². The van der Waals surface area contributed by atoms with Crippen LogP contribution >= 0.6 is 0 Å². The first-order valence-corrected chi connectivity index (χ1v) is 7.39. The Bertz CT molecular complexity index is 365. The fourth-order valence-electron chi connectivity index (χ4n) is 3.12.